The number of carbonyl (C=O) groups is 1. The topological polar surface area (TPSA) is 29.1 Å². The minimum absolute atomic E-state index is 0.0983. The Balaban J connectivity index is 1.40. The molecular formula is C22H19NO. The van der Waals surface area contributed by atoms with Crippen molar-refractivity contribution in [1.82, 2.24) is 0 Å². The molecule has 0 aromatic heterocycles. The van der Waals surface area contributed by atoms with Gasteiger partial charge in [-0.25, -0.2) is 0 Å². The molecule has 0 radical (unpaired) electrons. The summed E-state index contributed by atoms with van der Waals surface area (Å²) < 4.78 is 0. The molecule has 1 saturated carbocycles. The van der Waals surface area contributed by atoms with E-state index >= 15 is 0 Å². The van der Waals surface area contributed by atoms with Gasteiger partial charge >= 0.3 is 0 Å². The maximum atomic E-state index is 12.4. The zero-order chi connectivity index (χ0) is 16.4. The van der Waals surface area contributed by atoms with Gasteiger partial charge < -0.3 is 5.32 Å². The molecule has 1 amide bonds. The van der Waals surface area contributed by atoms with E-state index in [1.807, 2.05) is 60.7 Å². The molecule has 2 atom stereocenters. The van der Waals surface area contributed by atoms with Crippen molar-refractivity contribution in [2.45, 2.75) is 12.3 Å². The molecule has 24 heavy (non-hydrogen) atoms. The molecule has 2 nitrogen and oxygen atoms in total. The number of amides is 1. The second kappa shape index (κ2) is 6.32. The molecule has 118 valence electrons. The number of benzene rings is 3. The van der Waals surface area contributed by atoms with Crippen molar-refractivity contribution in [2.75, 3.05) is 5.32 Å². The van der Waals surface area contributed by atoms with Gasteiger partial charge in [0.2, 0.25) is 5.91 Å². The Labute approximate surface area is 142 Å². The van der Waals surface area contributed by atoms with E-state index in [2.05, 4.69) is 29.6 Å². The third-order valence-corrected chi connectivity index (χ3v) is 4.61. The van der Waals surface area contributed by atoms with Crippen molar-refractivity contribution in [1.29, 1.82) is 0 Å². The minimum Gasteiger partial charge on any atom is -0.326 e. The van der Waals surface area contributed by atoms with E-state index in [0.29, 0.717) is 5.92 Å². The predicted octanol–water partition coefficient (Wildman–Crippen LogP) is 5.10. The summed E-state index contributed by atoms with van der Waals surface area (Å²) in [6.07, 6.45) is 0.942. The molecule has 0 unspecified atom stereocenters. The standard InChI is InChI=1S/C22H19NO/c24-22(21-15-20(21)18-9-5-2-6-10-18)23-19-13-11-17(12-14-19)16-7-3-1-4-8-16/h1-14,20-21H,15H2,(H,23,24)/t20-,21+/m1/s1. The Hall–Kier alpha value is -2.87. The van der Waals surface area contributed by atoms with Gasteiger partial charge in [0.25, 0.3) is 0 Å². The number of carbonyl (C=O) groups excluding carboxylic acids is 1. The van der Waals surface area contributed by atoms with Crippen molar-refractivity contribution in [2.24, 2.45) is 5.92 Å². The van der Waals surface area contributed by atoms with Gasteiger partial charge in [0, 0.05) is 11.6 Å². The molecule has 0 spiro atoms. The lowest BCUT2D eigenvalue weighted by molar-refractivity contribution is -0.117. The molecule has 0 aliphatic heterocycles. The molecule has 1 aliphatic carbocycles. The maximum Gasteiger partial charge on any atom is 0.228 e. The van der Waals surface area contributed by atoms with Gasteiger partial charge in [0.1, 0.15) is 0 Å². The highest BCUT2D eigenvalue weighted by molar-refractivity contribution is 5.95. The lowest BCUT2D eigenvalue weighted by Crippen LogP contribution is -2.14. The molecule has 2 heteroatoms. The van der Waals surface area contributed by atoms with Gasteiger partial charge in [-0.2, -0.15) is 0 Å². The number of hydrogen-bond donors (Lipinski definition) is 1. The van der Waals surface area contributed by atoms with Crippen LogP contribution in [0.1, 0.15) is 17.9 Å². The monoisotopic (exact) mass is 313 g/mol. The van der Waals surface area contributed by atoms with Gasteiger partial charge in [-0.05, 0) is 41.2 Å². The Morgan fingerprint density at radius 3 is 2.00 bits per heavy atom. The number of nitrogens with one attached hydrogen (secondary N) is 1. The second-order valence-electron chi connectivity index (χ2n) is 6.29. The average Bonchev–Trinajstić information content (AvgIpc) is 3.45. The fourth-order valence-electron chi connectivity index (χ4n) is 3.16. The van der Waals surface area contributed by atoms with E-state index in [1.165, 1.54) is 11.1 Å². The number of hydrogen-bond acceptors (Lipinski definition) is 1. The Kier molecular flexibility index (Phi) is 3.87. The van der Waals surface area contributed by atoms with Crippen LogP contribution >= 0.6 is 0 Å². The van der Waals surface area contributed by atoms with Crippen LogP contribution in [0.4, 0.5) is 5.69 Å². The molecule has 3 aromatic rings. The highest BCUT2D eigenvalue weighted by atomic mass is 16.2. The quantitative estimate of drug-likeness (QED) is 0.713. The highest BCUT2D eigenvalue weighted by Crippen LogP contribution is 2.47. The first-order valence-electron chi connectivity index (χ1n) is 8.32. The average molecular weight is 313 g/mol. The zero-order valence-corrected chi connectivity index (χ0v) is 13.4. The lowest BCUT2D eigenvalue weighted by Gasteiger charge is -2.07. The summed E-state index contributed by atoms with van der Waals surface area (Å²) in [5, 5.41) is 3.04. The van der Waals surface area contributed by atoms with E-state index in [4.69, 9.17) is 0 Å². The third kappa shape index (κ3) is 3.09. The van der Waals surface area contributed by atoms with E-state index in [1.54, 1.807) is 0 Å². The van der Waals surface area contributed by atoms with Crippen LogP contribution in [0.3, 0.4) is 0 Å². The summed E-state index contributed by atoms with van der Waals surface area (Å²) in [5.41, 5.74) is 4.46. The lowest BCUT2D eigenvalue weighted by atomic mass is 10.1. The first-order valence-corrected chi connectivity index (χ1v) is 8.32. The summed E-state index contributed by atoms with van der Waals surface area (Å²) in [6.45, 7) is 0. The maximum absolute atomic E-state index is 12.4. The molecular weight excluding hydrogens is 294 g/mol. The van der Waals surface area contributed by atoms with E-state index in [0.717, 1.165) is 17.7 Å². The summed E-state index contributed by atoms with van der Waals surface area (Å²) in [4.78, 5) is 12.4. The van der Waals surface area contributed by atoms with Crippen LogP contribution in [0, 0.1) is 5.92 Å². The fourth-order valence-corrected chi connectivity index (χ4v) is 3.16. The summed E-state index contributed by atoms with van der Waals surface area (Å²) in [5.74, 6) is 0.590. The van der Waals surface area contributed by atoms with Gasteiger partial charge in [0.05, 0.1) is 0 Å². The highest BCUT2D eigenvalue weighted by Gasteiger charge is 2.43. The fraction of sp³-hybridized carbons (Fsp3) is 0.136. The van der Waals surface area contributed by atoms with Crippen LogP contribution < -0.4 is 5.32 Å². The molecule has 4 rings (SSSR count). The number of anilines is 1. The minimum atomic E-state index is 0.0983. The van der Waals surface area contributed by atoms with Crippen LogP contribution in [-0.4, -0.2) is 5.91 Å². The normalized spacial score (nSPS) is 18.8. The van der Waals surface area contributed by atoms with Crippen LogP contribution in [-0.2, 0) is 4.79 Å². The SMILES string of the molecule is O=C(Nc1ccc(-c2ccccc2)cc1)[C@H]1C[C@@H]1c1ccccc1. The van der Waals surface area contributed by atoms with Crippen LogP contribution in [0.2, 0.25) is 0 Å². The van der Waals surface area contributed by atoms with Crippen molar-refractivity contribution in [3.05, 3.63) is 90.5 Å². The molecule has 0 bridgehead atoms. The van der Waals surface area contributed by atoms with Crippen molar-refractivity contribution in [3.8, 4) is 11.1 Å². The molecule has 1 aliphatic rings. The summed E-state index contributed by atoms with van der Waals surface area (Å²) in [6, 6.07) is 28.6. The molecule has 3 aromatic carbocycles. The van der Waals surface area contributed by atoms with Crippen molar-refractivity contribution >= 4 is 11.6 Å². The summed E-state index contributed by atoms with van der Waals surface area (Å²) in [7, 11) is 0. The van der Waals surface area contributed by atoms with Gasteiger partial charge in [0.15, 0.2) is 0 Å². The molecule has 1 N–H and O–H groups in total. The zero-order valence-electron chi connectivity index (χ0n) is 13.4. The van der Waals surface area contributed by atoms with Crippen LogP contribution in [0.5, 0.6) is 0 Å². The van der Waals surface area contributed by atoms with Gasteiger partial charge in [-0.15, -0.1) is 0 Å². The summed E-state index contributed by atoms with van der Waals surface area (Å²) >= 11 is 0. The van der Waals surface area contributed by atoms with Crippen LogP contribution in [0.15, 0.2) is 84.9 Å². The molecule has 0 saturated heterocycles. The van der Waals surface area contributed by atoms with Crippen LogP contribution in [0.25, 0.3) is 11.1 Å². The Morgan fingerprint density at radius 2 is 1.33 bits per heavy atom. The third-order valence-electron chi connectivity index (χ3n) is 4.61. The predicted molar refractivity (Wildman–Crippen MR) is 97.8 cm³/mol. The Bertz CT molecular complexity index is 825. The molecule has 1 fully saturated rings. The van der Waals surface area contributed by atoms with Gasteiger partial charge in [-0.3, -0.25) is 4.79 Å². The second-order valence-corrected chi connectivity index (χ2v) is 6.29. The van der Waals surface area contributed by atoms with E-state index < -0.39 is 0 Å². The van der Waals surface area contributed by atoms with Gasteiger partial charge in [-0.1, -0.05) is 72.8 Å². The van der Waals surface area contributed by atoms with Crippen molar-refractivity contribution in [3.63, 3.8) is 0 Å². The van der Waals surface area contributed by atoms with Crippen molar-refractivity contribution < 1.29 is 4.79 Å². The largest absolute Gasteiger partial charge is 0.326 e. The van der Waals surface area contributed by atoms with E-state index in [-0.39, 0.29) is 11.8 Å². The smallest absolute Gasteiger partial charge is 0.228 e. The first kappa shape index (κ1) is 14.7. The Morgan fingerprint density at radius 1 is 0.750 bits per heavy atom. The molecule has 0 heterocycles. The first-order chi connectivity index (χ1) is 11.8. The van der Waals surface area contributed by atoms with E-state index in [9.17, 15) is 4.79 Å². The number of rotatable bonds is 4.